The molecule has 9 heteroatoms. The van der Waals surface area contributed by atoms with E-state index in [1.165, 1.54) is 48.0 Å². The lowest BCUT2D eigenvalue weighted by atomic mass is 10.2. The van der Waals surface area contributed by atoms with E-state index in [9.17, 15) is 13.2 Å². The smallest absolute Gasteiger partial charge is 0.243 e. The normalized spacial score (nSPS) is 16.1. The highest BCUT2D eigenvalue weighted by Crippen LogP contribution is 2.31. The van der Waals surface area contributed by atoms with Gasteiger partial charge in [-0.3, -0.25) is 4.79 Å². The fraction of sp³-hybridized carbons (Fsp3) is 0.409. The van der Waals surface area contributed by atoms with Crippen molar-refractivity contribution in [1.29, 1.82) is 0 Å². The summed E-state index contributed by atoms with van der Waals surface area (Å²) in [6, 6.07) is 12.6. The Hall–Kier alpha value is -2.23. The van der Waals surface area contributed by atoms with Crippen LogP contribution in [-0.2, 0) is 14.8 Å². The predicted molar refractivity (Wildman–Crippen MR) is 121 cm³/mol. The third-order valence-corrected chi connectivity index (χ3v) is 8.22. The number of piperazine rings is 1. The molecule has 0 spiro atoms. The molecule has 0 aliphatic carbocycles. The maximum absolute atomic E-state index is 13.1. The average Bonchev–Trinajstić information content (AvgIpc) is 2.79. The van der Waals surface area contributed by atoms with Gasteiger partial charge < -0.3 is 14.4 Å². The van der Waals surface area contributed by atoms with Crippen LogP contribution < -0.4 is 9.47 Å². The van der Waals surface area contributed by atoms with Crippen molar-refractivity contribution in [3.8, 4) is 11.5 Å². The van der Waals surface area contributed by atoms with E-state index in [-0.39, 0.29) is 29.1 Å². The van der Waals surface area contributed by atoms with E-state index < -0.39 is 10.0 Å². The van der Waals surface area contributed by atoms with Crippen molar-refractivity contribution in [3.63, 3.8) is 0 Å². The number of thioether (sulfide) groups is 1. The number of benzene rings is 2. The van der Waals surface area contributed by atoms with Crippen LogP contribution in [0.5, 0.6) is 11.5 Å². The van der Waals surface area contributed by atoms with Crippen molar-refractivity contribution in [3.05, 3.63) is 48.0 Å². The average molecular weight is 465 g/mol. The van der Waals surface area contributed by atoms with Crippen LogP contribution in [0.3, 0.4) is 0 Å². The number of methoxy groups -OCH3 is 2. The first-order valence-electron chi connectivity index (χ1n) is 10.0. The highest BCUT2D eigenvalue weighted by molar-refractivity contribution is 8.00. The molecule has 3 rings (SSSR count). The predicted octanol–water partition coefficient (Wildman–Crippen LogP) is 3.03. The molecule has 2 aromatic rings. The Morgan fingerprint density at radius 1 is 0.968 bits per heavy atom. The summed E-state index contributed by atoms with van der Waals surface area (Å²) >= 11 is 1.52. The van der Waals surface area contributed by atoms with E-state index in [1.54, 1.807) is 11.0 Å². The Morgan fingerprint density at radius 2 is 1.58 bits per heavy atom. The molecule has 31 heavy (non-hydrogen) atoms. The maximum atomic E-state index is 13.1. The van der Waals surface area contributed by atoms with E-state index in [4.69, 9.17) is 9.47 Å². The summed E-state index contributed by atoms with van der Waals surface area (Å²) in [5, 5.41) is -0.239. The molecule has 0 N–H and O–H groups in total. The summed E-state index contributed by atoms with van der Waals surface area (Å²) < 4.78 is 37.9. The van der Waals surface area contributed by atoms with Crippen LogP contribution in [0.25, 0.3) is 0 Å². The molecule has 0 saturated carbocycles. The Morgan fingerprint density at radius 3 is 2.16 bits per heavy atom. The molecule has 168 valence electrons. The standard InChI is InChI=1S/C22H28N2O5S2/c1-16-5-7-18(8-6-16)30-17(2)22(25)23-11-13-24(14-12-23)31(26,27)19-9-10-20(28-3)21(15-19)29-4/h5-10,15,17H,11-14H2,1-4H3. The van der Waals surface area contributed by atoms with Gasteiger partial charge in [0.2, 0.25) is 15.9 Å². The molecule has 1 fully saturated rings. The van der Waals surface area contributed by atoms with Crippen molar-refractivity contribution in [2.75, 3.05) is 40.4 Å². The van der Waals surface area contributed by atoms with Crippen LogP contribution in [0, 0.1) is 6.92 Å². The number of hydrogen-bond donors (Lipinski definition) is 0. The van der Waals surface area contributed by atoms with Gasteiger partial charge in [-0.1, -0.05) is 17.7 Å². The van der Waals surface area contributed by atoms with Crippen LogP contribution in [0.1, 0.15) is 12.5 Å². The molecule has 1 saturated heterocycles. The Bertz CT molecular complexity index is 1020. The molecule has 1 atom stereocenters. The lowest BCUT2D eigenvalue weighted by Crippen LogP contribution is -2.52. The van der Waals surface area contributed by atoms with Gasteiger partial charge in [-0.25, -0.2) is 8.42 Å². The number of sulfonamides is 1. The van der Waals surface area contributed by atoms with Crippen LogP contribution >= 0.6 is 11.8 Å². The quantitative estimate of drug-likeness (QED) is 0.587. The van der Waals surface area contributed by atoms with E-state index in [2.05, 4.69) is 0 Å². The van der Waals surface area contributed by atoms with Gasteiger partial charge in [-0.05, 0) is 38.1 Å². The zero-order valence-electron chi connectivity index (χ0n) is 18.2. The summed E-state index contributed by atoms with van der Waals surface area (Å²) in [6.07, 6.45) is 0. The molecular formula is C22H28N2O5S2. The molecule has 1 amide bonds. The molecule has 0 radical (unpaired) electrons. The molecule has 7 nitrogen and oxygen atoms in total. The lowest BCUT2D eigenvalue weighted by molar-refractivity contribution is -0.131. The summed E-state index contributed by atoms with van der Waals surface area (Å²) in [5.41, 5.74) is 1.18. The summed E-state index contributed by atoms with van der Waals surface area (Å²) in [7, 11) is -0.720. The second-order valence-corrected chi connectivity index (χ2v) is 10.7. The van der Waals surface area contributed by atoms with Gasteiger partial charge in [0.15, 0.2) is 11.5 Å². The topological polar surface area (TPSA) is 76.2 Å². The third kappa shape index (κ3) is 5.34. The molecule has 1 aliphatic rings. The van der Waals surface area contributed by atoms with Gasteiger partial charge in [0, 0.05) is 37.1 Å². The van der Waals surface area contributed by atoms with Gasteiger partial charge in [0.25, 0.3) is 0 Å². The number of aryl methyl sites for hydroxylation is 1. The molecule has 0 aromatic heterocycles. The van der Waals surface area contributed by atoms with E-state index in [0.29, 0.717) is 24.6 Å². The minimum absolute atomic E-state index is 0.0220. The second-order valence-electron chi connectivity index (χ2n) is 7.32. The number of hydrogen-bond acceptors (Lipinski definition) is 6. The van der Waals surface area contributed by atoms with Crippen molar-refractivity contribution in [1.82, 2.24) is 9.21 Å². The third-order valence-electron chi connectivity index (χ3n) is 5.22. The van der Waals surface area contributed by atoms with E-state index >= 15 is 0 Å². The number of carbonyl (C=O) groups is 1. The van der Waals surface area contributed by atoms with Crippen LogP contribution in [0.2, 0.25) is 0 Å². The highest BCUT2D eigenvalue weighted by atomic mass is 32.2. The first kappa shape index (κ1) is 23.4. The van der Waals surface area contributed by atoms with Gasteiger partial charge in [-0.15, -0.1) is 11.8 Å². The minimum atomic E-state index is -3.69. The number of carbonyl (C=O) groups excluding carboxylic acids is 1. The zero-order chi connectivity index (χ0) is 22.6. The monoisotopic (exact) mass is 464 g/mol. The SMILES string of the molecule is COc1ccc(S(=O)(=O)N2CCN(C(=O)C(C)Sc3ccc(C)cc3)CC2)cc1OC. The van der Waals surface area contributed by atoms with E-state index in [0.717, 1.165) is 4.90 Å². The number of rotatable bonds is 7. The Kier molecular flexibility index (Phi) is 7.51. The molecule has 1 heterocycles. The first-order valence-corrected chi connectivity index (χ1v) is 12.3. The summed E-state index contributed by atoms with van der Waals surface area (Å²) in [5.74, 6) is 0.852. The van der Waals surface area contributed by atoms with Gasteiger partial charge in [0.1, 0.15) is 0 Å². The van der Waals surface area contributed by atoms with Crippen molar-refractivity contribution in [2.45, 2.75) is 28.9 Å². The number of ether oxygens (including phenoxy) is 2. The van der Waals surface area contributed by atoms with Gasteiger partial charge in [0.05, 0.1) is 24.4 Å². The molecule has 2 aromatic carbocycles. The first-order chi connectivity index (χ1) is 14.8. The van der Waals surface area contributed by atoms with Crippen LogP contribution in [-0.4, -0.2) is 69.2 Å². The van der Waals surface area contributed by atoms with E-state index in [1.807, 2.05) is 38.1 Å². The van der Waals surface area contributed by atoms with Crippen LogP contribution in [0.4, 0.5) is 0 Å². The Labute approximate surface area is 188 Å². The highest BCUT2D eigenvalue weighted by Gasteiger charge is 2.32. The molecular weight excluding hydrogens is 436 g/mol. The Balaban J connectivity index is 1.62. The van der Waals surface area contributed by atoms with Crippen LogP contribution in [0.15, 0.2) is 52.3 Å². The lowest BCUT2D eigenvalue weighted by Gasteiger charge is -2.35. The van der Waals surface area contributed by atoms with Gasteiger partial charge >= 0.3 is 0 Å². The van der Waals surface area contributed by atoms with Crippen molar-refractivity contribution < 1.29 is 22.7 Å². The largest absolute Gasteiger partial charge is 0.493 e. The summed E-state index contributed by atoms with van der Waals surface area (Å²) in [4.78, 5) is 15.8. The maximum Gasteiger partial charge on any atom is 0.243 e. The van der Waals surface area contributed by atoms with Crippen molar-refractivity contribution in [2.24, 2.45) is 0 Å². The fourth-order valence-electron chi connectivity index (χ4n) is 3.40. The zero-order valence-corrected chi connectivity index (χ0v) is 19.8. The second kappa shape index (κ2) is 9.93. The molecule has 0 bridgehead atoms. The number of amides is 1. The molecule has 1 unspecified atom stereocenters. The summed E-state index contributed by atoms with van der Waals surface area (Å²) in [6.45, 7) is 5.15. The number of nitrogens with zero attached hydrogens (tertiary/aromatic N) is 2. The molecule has 1 aliphatic heterocycles. The minimum Gasteiger partial charge on any atom is -0.493 e. The van der Waals surface area contributed by atoms with Gasteiger partial charge in [-0.2, -0.15) is 4.31 Å². The van der Waals surface area contributed by atoms with Crippen molar-refractivity contribution >= 4 is 27.7 Å². The fourth-order valence-corrected chi connectivity index (χ4v) is 5.79.